The summed E-state index contributed by atoms with van der Waals surface area (Å²) in [6.45, 7) is 7.85. The third-order valence-corrected chi connectivity index (χ3v) is 7.83. The van der Waals surface area contributed by atoms with Gasteiger partial charge in [-0.05, 0) is 44.0 Å². The van der Waals surface area contributed by atoms with Gasteiger partial charge in [-0.15, -0.1) is 0 Å². The molecule has 1 amide bonds. The monoisotopic (exact) mass is 519 g/mol. The second-order valence-electron chi connectivity index (χ2n) is 9.55. The fraction of sp³-hybridized carbons (Fsp3) is 0.212. The van der Waals surface area contributed by atoms with Gasteiger partial charge in [0.1, 0.15) is 0 Å². The van der Waals surface area contributed by atoms with E-state index in [-0.39, 0.29) is 5.91 Å². The number of rotatable bonds is 9. The van der Waals surface area contributed by atoms with E-state index in [0.29, 0.717) is 6.54 Å². The standard InChI is InChI=1S/C33H33N3OS/c1-4-36-31(27-19-15-24(3)16-20-27)30(26-17-13-23(2)14-18-26)35-33(36)38-22-8-21-34-32(37)29-12-7-10-25-9-5-6-11-28(25)29/h5-7,9-20H,4,8,21-22H2,1-3H3,(H,34,37). The number of carbonyl (C=O) groups excluding carboxylic acids is 1. The largest absolute Gasteiger partial charge is 0.352 e. The number of imidazole rings is 1. The number of amides is 1. The molecule has 38 heavy (non-hydrogen) atoms. The number of nitrogens with one attached hydrogen (secondary N) is 1. The molecule has 1 heterocycles. The molecular formula is C33H33N3OS. The Morgan fingerprint density at radius 2 is 1.50 bits per heavy atom. The van der Waals surface area contributed by atoms with Gasteiger partial charge in [-0.1, -0.05) is 108 Å². The van der Waals surface area contributed by atoms with E-state index in [1.807, 2.05) is 42.5 Å². The molecule has 5 heteroatoms. The summed E-state index contributed by atoms with van der Waals surface area (Å²) in [5.41, 5.74) is 7.68. The number of nitrogens with zero attached hydrogens (tertiary/aromatic N) is 2. The molecule has 0 bridgehead atoms. The molecule has 4 aromatic carbocycles. The predicted octanol–water partition coefficient (Wildman–Crippen LogP) is 7.92. The van der Waals surface area contributed by atoms with Crippen LogP contribution in [0.25, 0.3) is 33.3 Å². The molecular weight excluding hydrogens is 486 g/mol. The number of aryl methyl sites for hydroxylation is 2. The van der Waals surface area contributed by atoms with Crippen molar-refractivity contribution in [3.63, 3.8) is 0 Å². The van der Waals surface area contributed by atoms with Gasteiger partial charge in [0, 0.05) is 35.5 Å². The van der Waals surface area contributed by atoms with Crippen molar-refractivity contribution >= 4 is 28.4 Å². The average Bonchev–Trinajstić information content (AvgIpc) is 3.31. The summed E-state index contributed by atoms with van der Waals surface area (Å²) in [5.74, 6) is 0.846. The second-order valence-corrected chi connectivity index (χ2v) is 10.6. The Morgan fingerprint density at radius 1 is 0.842 bits per heavy atom. The predicted molar refractivity (Wildman–Crippen MR) is 160 cm³/mol. The van der Waals surface area contributed by atoms with Crippen LogP contribution in [0.1, 0.15) is 34.8 Å². The Kier molecular flexibility index (Phi) is 7.94. The van der Waals surface area contributed by atoms with Crippen molar-refractivity contribution in [2.45, 2.75) is 38.9 Å². The molecule has 0 saturated carbocycles. The lowest BCUT2D eigenvalue weighted by Gasteiger charge is -2.11. The smallest absolute Gasteiger partial charge is 0.251 e. The molecule has 5 rings (SSSR count). The Labute approximate surface area is 229 Å². The second kappa shape index (κ2) is 11.7. The van der Waals surface area contributed by atoms with Crippen LogP contribution in [0.15, 0.2) is 96.2 Å². The van der Waals surface area contributed by atoms with E-state index in [0.717, 1.165) is 57.2 Å². The Bertz CT molecular complexity index is 1550. The van der Waals surface area contributed by atoms with Gasteiger partial charge in [-0.2, -0.15) is 0 Å². The molecule has 192 valence electrons. The first-order valence-electron chi connectivity index (χ1n) is 13.2. The van der Waals surface area contributed by atoms with E-state index < -0.39 is 0 Å². The topological polar surface area (TPSA) is 46.9 Å². The van der Waals surface area contributed by atoms with E-state index in [4.69, 9.17) is 4.98 Å². The van der Waals surface area contributed by atoms with Crippen LogP contribution in [-0.2, 0) is 6.54 Å². The zero-order chi connectivity index (χ0) is 26.5. The number of hydrogen-bond donors (Lipinski definition) is 1. The Morgan fingerprint density at radius 3 is 2.21 bits per heavy atom. The van der Waals surface area contributed by atoms with E-state index in [1.165, 1.54) is 16.7 Å². The molecule has 0 aliphatic rings. The normalized spacial score (nSPS) is 11.1. The number of thioether (sulfide) groups is 1. The van der Waals surface area contributed by atoms with E-state index in [1.54, 1.807) is 11.8 Å². The first-order valence-corrected chi connectivity index (χ1v) is 14.2. The highest BCUT2D eigenvalue weighted by atomic mass is 32.2. The van der Waals surface area contributed by atoms with Crippen LogP contribution >= 0.6 is 11.8 Å². The molecule has 1 aromatic heterocycles. The molecule has 5 aromatic rings. The van der Waals surface area contributed by atoms with Crippen LogP contribution in [0.3, 0.4) is 0 Å². The maximum atomic E-state index is 12.9. The third kappa shape index (κ3) is 5.53. The molecule has 0 spiro atoms. The highest BCUT2D eigenvalue weighted by molar-refractivity contribution is 7.99. The van der Waals surface area contributed by atoms with Crippen molar-refractivity contribution < 1.29 is 4.79 Å². The summed E-state index contributed by atoms with van der Waals surface area (Å²) in [6, 6.07) is 31.2. The van der Waals surface area contributed by atoms with Crippen LogP contribution in [0.4, 0.5) is 0 Å². The van der Waals surface area contributed by atoms with Crippen molar-refractivity contribution in [3.05, 3.63) is 108 Å². The molecule has 4 nitrogen and oxygen atoms in total. The summed E-state index contributed by atoms with van der Waals surface area (Å²) in [5, 5.41) is 6.18. The first-order chi connectivity index (χ1) is 18.5. The van der Waals surface area contributed by atoms with E-state index in [2.05, 4.69) is 79.2 Å². The van der Waals surface area contributed by atoms with Gasteiger partial charge < -0.3 is 9.88 Å². The van der Waals surface area contributed by atoms with E-state index >= 15 is 0 Å². The molecule has 0 aliphatic carbocycles. The van der Waals surface area contributed by atoms with Crippen LogP contribution in [0.2, 0.25) is 0 Å². The highest BCUT2D eigenvalue weighted by Crippen LogP contribution is 2.36. The fourth-order valence-corrected chi connectivity index (χ4v) is 5.71. The lowest BCUT2D eigenvalue weighted by molar-refractivity contribution is 0.0955. The number of benzene rings is 4. The molecule has 1 N–H and O–H groups in total. The zero-order valence-corrected chi connectivity index (χ0v) is 23.0. The van der Waals surface area contributed by atoms with Gasteiger partial charge >= 0.3 is 0 Å². The number of carbonyl (C=O) groups is 1. The minimum absolute atomic E-state index is 0.0230. The maximum Gasteiger partial charge on any atom is 0.251 e. The molecule has 0 atom stereocenters. The quantitative estimate of drug-likeness (QED) is 0.159. The zero-order valence-electron chi connectivity index (χ0n) is 22.2. The summed E-state index contributed by atoms with van der Waals surface area (Å²) in [6.07, 6.45) is 0.859. The lowest BCUT2D eigenvalue weighted by atomic mass is 10.0. The summed E-state index contributed by atoms with van der Waals surface area (Å²) >= 11 is 1.75. The van der Waals surface area contributed by atoms with Crippen molar-refractivity contribution in [1.29, 1.82) is 0 Å². The molecule has 0 unspecified atom stereocenters. The third-order valence-electron chi connectivity index (χ3n) is 6.77. The van der Waals surface area contributed by atoms with Gasteiger partial charge in [-0.3, -0.25) is 4.79 Å². The van der Waals surface area contributed by atoms with Crippen LogP contribution < -0.4 is 5.32 Å². The molecule has 0 saturated heterocycles. The summed E-state index contributed by atoms with van der Waals surface area (Å²) in [7, 11) is 0. The van der Waals surface area contributed by atoms with Gasteiger partial charge in [0.2, 0.25) is 0 Å². The van der Waals surface area contributed by atoms with Crippen molar-refractivity contribution in [2.75, 3.05) is 12.3 Å². The molecule has 0 aliphatic heterocycles. The molecule has 0 fully saturated rings. The first kappa shape index (κ1) is 25.8. The number of fused-ring (bicyclic) bond motifs is 1. The minimum Gasteiger partial charge on any atom is -0.352 e. The fourth-order valence-electron chi connectivity index (χ4n) is 4.71. The summed E-state index contributed by atoms with van der Waals surface area (Å²) in [4.78, 5) is 18.0. The highest BCUT2D eigenvalue weighted by Gasteiger charge is 2.19. The van der Waals surface area contributed by atoms with Gasteiger partial charge in [0.15, 0.2) is 5.16 Å². The number of hydrogen-bond acceptors (Lipinski definition) is 3. The maximum absolute atomic E-state index is 12.9. The minimum atomic E-state index is -0.0230. The SMILES string of the molecule is CCn1c(SCCCNC(=O)c2cccc3ccccc23)nc(-c2ccc(C)cc2)c1-c1ccc(C)cc1. The van der Waals surface area contributed by atoms with E-state index in [9.17, 15) is 4.79 Å². The average molecular weight is 520 g/mol. The van der Waals surface area contributed by atoms with Gasteiger partial charge in [0.25, 0.3) is 5.91 Å². The van der Waals surface area contributed by atoms with Crippen molar-refractivity contribution in [3.8, 4) is 22.5 Å². The van der Waals surface area contributed by atoms with Crippen molar-refractivity contribution in [1.82, 2.24) is 14.9 Å². The lowest BCUT2D eigenvalue weighted by Crippen LogP contribution is -2.25. The Hall–Kier alpha value is -3.83. The Balaban J connectivity index is 1.31. The molecule has 0 radical (unpaired) electrons. The number of aromatic nitrogens is 2. The van der Waals surface area contributed by atoms with Gasteiger partial charge in [0.05, 0.1) is 11.4 Å². The van der Waals surface area contributed by atoms with Crippen molar-refractivity contribution in [2.24, 2.45) is 0 Å². The van der Waals surface area contributed by atoms with Crippen LogP contribution in [0.5, 0.6) is 0 Å². The summed E-state index contributed by atoms with van der Waals surface area (Å²) < 4.78 is 2.32. The van der Waals surface area contributed by atoms with Gasteiger partial charge in [-0.25, -0.2) is 4.98 Å². The van der Waals surface area contributed by atoms with Crippen LogP contribution in [0, 0.1) is 13.8 Å². The van der Waals surface area contributed by atoms with Crippen LogP contribution in [-0.4, -0.2) is 27.8 Å².